The van der Waals surface area contributed by atoms with Crippen LogP contribution >= 0.6 is 22.9 Å². The van der Waals surface area contributed by atoms with Crippen LogP contribution in [0.25, 0.3) is 10.6 Å². The lowest BCUT2D eigenvalue weighted by atomic mass is 9.97. The molecule has 0 unspecified atom stereocenters. The maximum atomic E-state index is 12.4. The van der Waals surface area contributed by atoms with Gasteiger partial charge < -0.3 is 9.64 Å². The van der Waals surface area contributed by atoms with E-state index >= 15 is 0 Å². The molecule has 1 aliphatic rings. The number of piperidine rings is 1. The Morgan fingerprint density at radius 1 is 1.31 bits per heavy atom. The first-order chi connectivity index (χ1) is 12.5. The van der Waals surface area contributed by atoms with Crippen molar-refractivity contribution < 1.29 is 14.3 Å². The average Bonchev–Trinajstić information content (AvgIpc) is 3.10. The number of amides is 1. The van der Waals surface area contributed by atoms with E-state index in [1.807, 2.05) is 30.9 Å². The highest BCUT2D eigenvalue weighted by molar-refractivity contribution is 7.13. The van der Waals surface area contributed by atoms with Gasteiger partial charge in [-0.05, 0) is 45.2 Å². The van der Waals surface area contributed by atoms with Crippen LogP contribution in [0.5, 0.6) is 0 Å². The minimum absolute atomic E-state index is 0.150. The molecule has 2 heterocycles. The van der Waals surface area contributed by atoms with Gasteiger partial charge in [0.1, 0.15) is 5.01 Å². The maximum Gasteiger partial charge on any atom is 0.358 e. The first kappa shape index (κ1) is 18.9. The van der Waals surface area contributed by atoms with Crippen molar-refractivity contribution in [2.45, 2.75) is 45.2 Å². The molecule has 1 aromatic carbocycles. The normalized spacial score (nSPS) is 20.0. The standard InChI is InChI=1S/C19H21ClN2O3S/c1-12-5-3-6-13(2)22(12)17(23)10-25-19(24)16-11-26-18(21-16)14-7-4-8-15(20)9-14/h4,7-9,11-13H,3,5-6,10H2,1-2H3/t12-,13+. The Morgan fingerprint density at radius 2 is 2.04 bits per heavy atom. The van der Waals surface area contributed by atoms with E-state index in [4.69, 9.17) is 16.3 Å². The van der Waals surface area contributed by atoms with Gasteiger partial charge in [0.05, 0.1) is 0 Å². The third-order valence-corrected chi connectivity index (χ3v) is 5.72. The van der Waals surface area contributed by atoms with E-state index in [1.165, 1.54) is 11.3 Å². The molecule has 0 bridgehead atoms. The van der Waals surface area contributed by atoms with Gasteiger partial charge in [0.15, 0.2) is 12.3 Å². The number of likely N-dealkylation sites (tertiary alicyclic amines) is 1. The molecule has 0 N–H and O–H groups in total. The number of ether oxygens (including phenoxy) is 1. The van der Waals surface area contributed by atoms with Crippen LogP contribution in [0.15, 0.2) is 29.6 Å². The van der Waals surface area contributed by atoms with Crippen molar-refractivity contribution in [2.75, 3.05) is 6.61 Å². The number of aromatic nitrogens is 1. The van der Waals surface area contributed by atoms with E-state index in [2.05, 4.69) is 4.98 Å². The van der Waals surface area contributed by atoms with Crippen molar-refractivity contribution in [3.8, 4) is 10.6 Å². The summed E-state index contributed by atoms with van der Waals surface area (Å²) in [5, 5.41) is 2.93. The molecule has 0 saturated carbocycles. The Labute approximate surface area is 161 Å². The van der Waals surface area contributed by atoms with Gasteiger partial charge in [-0.25, -0.2) is 9.78 Å². The second-order valence-electron chi connectivity index (χ2n) is 6.55. The number of halogens is 1. The summed E-state index contributed by atoms with van der Waals surface area (Å²) >= 11 is 7.33. The summed E-state index contributed by atoms with van der Waals surface area (Å²) in [6.45, 7) is 3.82. The molecule has 0 aliphatic carbocycles. The van der Waals surface area contributed by atoms with E-state index in [0.717, 1.165) is 24.8 Å². The van der Waals surface area contributed by atoms with Gasteiger partial charge in [-0.1, -0.05) is 23.7 Å². The Hall–Kier alpha value is -1.92. The number of hydrogen-bond acceptors (Lipinski definition) is 5. The minimum Gasteiger partial charge on any atom is -0.451 e. The Kier molecular flexibility index (Phi) is 5.94. The molecule has 1 fully saturated rings. The number of nitrogens with zero attached hydrogens (tertiary/aromatic N) is 2. The Morgan fingerprint density at radius 3 is 2.73 bits per heavy atom. The number of hydrogen-bond donors (Lipinski definition) is 0. The van der Waals surface area contributed by atoms with Crippen LogP contribution in [0.1, 0.15) is 43.6 Å². The number of esters is 1. The zero-order chi connectivity index (χ0) is 18.7. The predicted molar refractivity (Wildman–Crippen MR) is 102 cm³/mol. The topological polar surface area (TPSA) is 59.5 Å². The molecule has 138 valence electrons. The maximum absolute atomic E-state index is 12.4. The molecule has 5 nitrogen and oxygen atoms in total. The van der Waals surface area contributed by atoms with Crippen molar-refractivity contribution >= 4 is 34.8 Å². The van der Waals surface area contributed by atoms with E-state index in [9.17, 15) is 9.59 Å². The van der Waals surface area contributed by atoms with Gasteiger partial charge in [0, 0.05) is 28.0 Å². The highest BCUT2D eigenvalue weighted by atomic mass is 35.5. The minimum atomic E-state index is -0.583. The van der Waals surface area contributed by atoms with Crippen LogP contribution < -0.4 is 0 Å². The molecule has 7 heteroatoms. The fourth-order valence-electron chi connectivity index (χ4n) is 3.31. The lowest BCUT2D eigenvalue weighted by molar-refractivity contribution is -0.140. The van der Waals surface area contributed by atoms with Gasteiger partial charge >= 0.3 is 5.97 Å². The van der Waals surface area contributed by atoms with Crippen molar-refractivity contribution in [1.29, 1.82) is 0 Å². The summed E-state index contributed by atoms with van der Waals surface area (Å²) in [5.41, 5.74) is 1.05. The van der Waals surface area contributed by atoms with E-state index in [-0.39, 0.29) is 30.3 Å². The molecule has 1 aliphatic heterocycles. The smallest absolute Gasteiger partial charge is 0.358 e. The Balaban J connectivity index is 1.61. The largest absolute Gasteiger partial charge is 0.451 e. The summed E-state index contributed by atoms with van der Waals surface area (Å²) in [6.07, 6.45) is 3.09. The van der Waals surface area contributed by atoms with Crippen LogP contribution in [0.3, 0.4) is 0 Å². The summed E-state index contributed by atoms with van der Waals surface area (Å²) in [7, 11) is 0. The molecule has 1 saturated heterocycles. The molecular weight excluding hydrogens is 372 g/mol. The fraction of sp³-hybridized carbons (Fsp3) is 0.421. The monoisotopic (exact) mass is 392 g/mol. The van der Waals surface area contributed by atoms with Crippen LogP contribution in [-0.2, 0) is 9.53 Å². The van der Waals surface area contributed by atoms with Crippen molar-refractivity contribution in [1.82, 2.24) is 9.88 Å². The molecule has 0 radical (unpaired) electrons. The summed E-state index contributed by atoms with van der Waals surface area (Å²) in [5.74, 6) is -0.733. The zero-order valence-corrected chi connectivity index (χ0v) is 16.3. The molecular formula is C19H21ClN2O3S. The van der Waals surface area contributed by atoms with Crippen molar-refractivity contribution in [2.24, 2.45) is 0 Å². The summed E-state index contributed by atoms with van der Waals surface area (Å²) < 4.78 is 5.20. The lowest BCUT2D eigenvalue weighted by Gasteiger charge is -2.38. The van der Waals surface area contributed by atoms with Crippen LogP contribution in [-0.4, -0.2) is 40.5 Å². The van der Waals surface area contributed by atoms with Gasteiger partial charge in [0.25, 0.3) is 5.91 Å². The Bertz CT molecular complexity index is 798. The molecule has 1 aromatic heterocycles. The second kappa shape index (κ2) is 8.18. The third-order valence-electron chi connectivity index (χ3n) is 4.59. The number of carbonyl (C=O) groups is 2. The van der Waals surface area contributed by atoms with Gasteiger partial charge in [-0.2, -0.15) is 0 Å². The van der Waals surface area contributed by atoms with Crippen molar-refractivity contribution in [3.05, 3.63) is 40.4 Å². The van der Waals surface area contributed by atoms with Crippen LogP contribution in [0, 0.1) is 0 Å². The quantitative estimate of drug-likeness (QED) is 0.723. The van der Waals surface area contributed by atoms with Gasteiger partial charge in [-0.15, -0.1) is 11.3 Å². The number of carbonyl (C=O) groups excluding carboxylic acids is 2. The van der Waals surface area contributed by atoms with E-state index < -0.39 is 5.97 Å². The van der Waals surface area contributed by atoms with E-state index in [1.54, 1.807) is 17.5 Å². The summed E-state index contributed by atoms with van der Waals surface area (Å²) in [6, 6.07) is 7.64. The van der Waals surface area contributed by atoms with Crippen LogP contribution in [0.4, 0.5) is 0 Å². The highest BCUT2D eigenvalue weighted by Crippen LogP contribution is 2.26. The average molecular weight is 393 g/mol. The molecule has 0 spiro atoms. The number of rotatable bonds is 4. The van der Waals surface area contributed by atoms with Gasteiger partial charge in [0.2, 0.25) is 0 Å². The van der Waals surface area contributed by atoms with Crippen molar-refractivity contribution in [3.63, 3.8) is 0 Å². The van der Waals surface area contributed by atoms with Gasteiger partial charge in [-0.3, -0.25) is 4.79 Å². The first-order valence-corrected chi connectivity index (χ1v) is 9.91. The third kappa shape index (κ3) is 4.24. The molecule has 3 rings (SSSR count). The number of thiazole rings is 1. The first-order valence-electron chi connectivity index (χ1n) is 8.65. The SMILES string of the molecule is C[C@@H]1CCC[C@H](C)N1C(=O)COC(=O)c1csc(-c2cccc(Cl)c2)n1. The fourth-order valence-corrected chi connectivity index (χ4v) is 4.29. The predicted octanol–water partition coefficient (Wildman–Crippen LogP) is 4.41. The van der Waals surface area contributed by atoms with Crippen LogP contribution in [0.2, 0.25) is 5.02 Å². The molecule has 26 heavy (non-hydrogen) atoms. The number of benzene rings is 1. The molecule has 2 aromatic rings. The van der Waals surface area contributed by atoms with E-state index in [0.29, 0.717) is 10.0 Å². The zero-order valence-electron chi connectivity index (χ0n) is 14.8. The highest BCUT2D eigenvalue weighted by Gasteiger charge is 2.29. The summed E-state index contributed by atoms with van der Waals surface area (Å²) in [4.78, 5) is 30.8. The lowest BCUT2D eigenvalue weighted by Crippen LogP contribution is -2.49. The second-order valence-corrected chi connectivity index (χ2v) is 7.85. The molecule has 1 amide bonds. The molecule has 2 atom stereocenters.